The molecule has 0 aromatic rings. The van der Waals surface area contributed by atoms with Crippen molar-refractivity contribution < 1.29 is 14.3 Å². The van der Waals surface area contributed by atoms with Crippen LogP contribution in [0.5, 0.6) is 0 Å². The lowest BCUT2D eigenvalue weighted by Gasteiger charge is -2.23. The highest BCUT2D eigenvalue weighted by Gasteiger charge is 2.17. The molecule has 0 aromatic carbocycles. The molecule has 2 N–H and O–H groups in total. The summed E-state index contributed by atoms with van der Waals surface area (Å²) >= 11 is 0. The summed E-state index contributed by atoms with van der Waals surface area (Å²) in [6, 6.07) is 0.289. The van der Waals surface area contributed by atoms with Gasteiger partial charge in [0, 0.05) is 25.6 Å². The maximum Gasteiger partial charge on any atom is 0.306 e. The highest BCUT2D eigenvalue weighted by Crippen LogP contribution is 2.02. The Kier molecular flexibility index (Phi) is 4.39. The molecule has 1 atom stereocenters. The lowest BCUT2D eigenvalue weighted by Crippen LogP contribution is -2.46. The Balaban J connectivity index is 2.07. The quantitative estimate of drug-likeness (QED) is 0.596. The average molecular weight is 200 g/mol. The number of carbonyl (C=O) groups excluding carboxylic acids is 2. The van der Waals surface area contributed by atoms with Gasteiger partial charge in [0.15, 0.2) is 0 Å². The SMILES string of the molecule is COC(=O)CCNC1CCC(=O)NC1. The van der Waals surface area contributed by atoms with Crippen molar-refractivity contribution in [2.24, 2.45) is 0 Å². The maximum atomic E-state index is 10.8. The van der Waals surface area contributed by atoms with Crippen molar-refractivity contribution in [1.82, 2.24) is 10.6 Å². The van der Waals surface area contributed by atoms with Crippen molar-refractivity contribution in [3.8, 4) is 0 Å². The number of carbonyl (C=O) groups is 2. The van der Waals surface area contributed by atoms with Crippen molar-refractivity contribution in [3.63, 3.8) is 0 Å². The Morgan fingerprint density at radius 1 is 1.71 bits per heavy atom. The van der Waals surface area contributed by atoms with Gasteiger partial charge in [-0.15, -0.1) is 0 Å². The van der Waals surface area contributed by atoms with Crippen LogP contribution in [-0.2, 0) is 14.3 Å². The predicted octanol–water partition coefficient (Wildman–Crippen LogP) is -0.582. The molecular weight excluding hydrogens is 184 g/mol. The number of esters is 1. The van der Waals surface area contributed by atoms with Crippen LogP contribution in [0.3, 0.4) is 0 Å². The second-order valence-electron chi connectivity index (χ2n) is 3.32. The molecule has 0 saturated carbocycles. The Morgan fingerprint density at radius 2 is 2.50 bits per heavy atom. The van der Waals surface area contributed by atoms with Crippen molar-refractivity contribution in [2.45, 2.75) is 25.3 Å². The maximum absolute atomic E-state index is 10.8. The first-order chi connectivity index (χ1) is 6.72. The summed E-state index contributed by atoms with van der Waals surface area (Å²) in [5.74, 6) is -0.103. The number of methoxy groups -OCH3 is 1. The van der Waals surface area contributed by atoms with Gasteiger partial charge in [0.2, 0.25) is 5.91 Å². The molecule has 1 aliphatic rings. The number of rotatable bonds is 4. The highest BCUT2D eigenvalue weighted by atomic mass is 16.5. The van der Waals surface area contributed by atoms with Crippen LogP contribution in [0.1, 0.15) is 19.3 Å². The minimum absolute atomic E-state index is 0.107. The molecule has 0 radical (unpaired) electrons. The third kappa shape index (κ3) is 3.74. The van der Waals surface area contributed by atoms with E-state index in [9.17, 15) is 9.59 Å². The standard InChI is InChI=1S/C9H16N2O3/c1-14-9(13)4-5-10-7-2-3-8(12)11-6-7/h7,10H,2-6H2,1H3,(H,11,12). The van der Waals surface area contributed by atoms with Crippen molar-refractivity contribution in [2.75, 3.05) is 20.2 Å². The summed E-state index contributed by atoms with van der Waals surface area (Å²) in [5, 5.41) is 5.96. The topological polar surface area (TPSA) is 67.4 Å². The Bertz CT molecular complexity index is 208. The van der Waals surface area contributed by atoms with Gasteiger partial charge < -0.3 is 15.4 Å². The fourth-order valence-electron chi connectivity index (χ4n) is 1.39. The Labute approximate surface area is 83.2 Å². The van der Waals surface area contributed by atoms with E-state index in [1.165, 1.54) is 7.11 Å². The summed E-state index contributed by atoms with van der Waals surface area (Å²) < 4.78 is 4.51. The number of hydrogen-bond acceptors (Lipinski definition) is 4. The third-order valence-corrected chi connectivity index (χ3v) is 2.26. The fourth-order valence-corrected chi connectivity index (χ4v) is 1.39. The van der Waals surface area contributed by atoms with E-state index in [0.717, 1.165) is 6.42 Å². The smallest absolute Gasteiger partial charge is 0.306 e. The zero-order valence-corrected chi connectivity index (χ0v) is 8.34. The van der Waals surface area contributed by atoms with E-state index in [1.54, 1.807) is 0 Å². The van der Waals surface area contributed by atoms with E-state index < -0.39 is 0 Å². The molecule has 1 aliphatic heterocycles. The molecule has 0 bridgehead atoms. The first-order valence-corrected chi connectivity index (χ1v) is 4.79. The molecule has 1 unspecified atom stereocenters. The Hall–Kier alpha value is -1.10. The van der Waals surface area contributed by atoms with Crippen molar-refractivity contribution >= 4 is 11.9 Å². The zero-order chi connectivity index (χ0) is 10.4. The first kappa shape index (κ1) is 11.0. The van der Waals surface area contributed by atoms with Crippen LogP contribution in [0.25, 0.3) is 0 Å². The molecule has 0 aliphatic carbocycles. The van der Waals surface area contributed by atoms with Gasteiger partial charge in [-0.25, -0.2) is 0 Å². The van der Waals surface area contributed by atoms with E-state index in [4.69, 9.17) is 0 Å². The molecule has 14 heavy (non-hydrogen) atoms. The van der Waals surface area contributed by atoms with Gasteiger partial charge in [0.25, 0.3) is 0 Å². The molecule has 1 saturated heterocycles. The van der Waals surface area contributed by atoms with Crippen LogP contribution in [0, 0.1) is 0 Å². The lowest BCUT2D eigenvalue weighted by atomic mass is 10.1. The number of piperidine rings is 1. The molecule has 5 heteroatoms. The van der Waals surface area contributed by atoms with Crippen LogP contribution >= 0.6 is 0 Å². The summed E-state index contributed by atoms with van der Waals surface area (Å²) in [5.41, 5.74) is 0. The molecule has 1 amide bonds. The Morgan fingerprint density at radius 3 is 3.07 bits per heavy atom. The van der Waals surface area contributed by atoms with E-state index >= 15 is 0 Å². The normalized spacial score (nSPS) is 21.5. The van der Waals surface area contributed by atoms with Gasteiger partial charge in [-0.05, 0) is 6.42 Å². The molecule has 80 valence electrons. The first-order valence-electron chi connectivity index (χ1n) is 4.79. The number of amides is 1. The summed E-state index contributed by atoms with van der Waals surface area (Å²) in [6.07, 6.45) is 1.78. The molecule has 1 fully saturated rings. The van der Waals surface area contributed by atoms with Crippen LogP contribution in [-0.4, -0.2) is 38.1 Å². The van der Waals surface area contributed by atoms with Crippen molar-refractivity contribution in [3.05, 3.63) is 0 Å². The molecular formula is C9H16N2O3. The summed E-state index contributed by atoms with van der Waals surface area (Å²) in [4.78, 5) is 21.6. The van der Waals surface area contributed by atoms with E-state index in [0.29, 0.717) is 25.9 Å². The van der Waals surface area contributed by atoms with E-state index in [-0.39, 0.29) is 17.9 Å². The summed E-state index contributed by atoms with van der Waals surface area (Å²) in [6.45, 7) is 1.26. The second-order valence-corrected chi connectivity index (χ2v) is 3.32. The van der Waals surface area contributed by atoms with Gasteiger partial charge in [-0.2, -0.15) is 0 Å². The number of ether oxygens (including phenoxy) is 1. The van der Waals surface area contributed by atoms with Crippen LogP contribution in [0.15, 0.2) is 0 Å². The second kappa shape index (κ2) is 5.59. The van der Waals surface area contributed by atoms with Gasteiger partial charge in [-0.1, -0.05) is 0 Å². The zero-order valence-electron chi connectivity index (χ0n) is 8.34. The molecule has 0 aromatic heterocycles. The minimum Gasteiger partial charge on any atom is -0.469 e. The van der Waals surface area contributed by atoms with Crippen LogP contribution < -0.4 is 10.6 Å². The third-order valence-electron chi connectivity index (χ3n) is 2.26. The van der Waals surface area contributed by atoms with Crippen molar-refractivity contribution in [1.29, 1.82) is 0 Å². The van der Waals surface area contributed by atoms with E-state index in [2.05, 4.69) is 15.4 Å². The average Bonchev–Trinajstić information content (AvgIpc) is 2.21. The van der Waals surface area contributed by atoms with Crippen LogP contribution in [0.4, 0.5) is 0 Å². The highest BCUT2D eigenvalue weighted by molar-refractivity contribution is 5.76. The van der Waals surface area contributed by atoms with E-state index in [1.807, 2.05) is 0 Å². The molecule has 1 heterocycles. The van der Waals surface area contributed by atoms with Gasteiger partial charge in [0.05, 0.1) is 13.5 Å². The lowest BCUT2D eigenvalue weighted by molar-refractivity contribution is -0.140. The summed E-state index contributed by atoms with van der Waals surface area (Å²) in [7, 11) is 1.38. The van der Waals surface area contributed by atoms with Gasteiger partial charge in [-0.3, -0.25) is 9.59 Å². The van der Waals surface area contributed by atoms with Crippen LogP contribution in [0.2, 0.25) is 0 Å². The number of hydrogen-bond donors (Lipinski definition) is 2. The van der Waals surface area contributed by atoms with Gasteiger partial charge in [0.1, 0.15) is 0 Å². The largest absolute Gasteiger partial charge is 0.469 e. The molecule has 5 nitrogen and oxygen atoms in total. The minimum atomic E-state index is -0.211. The predicted molar refractivity (Wildman–Crippen MR) is 50.7 cm³/mol. The van der Waals surface area contributed by atoms with Gasteiger partial charge >= 0.3 is 5.97 Å². The fraction of sp³-hybridized carbons (Fsp3) is 0.778. The monoisotopic (exact) mass is 200 g/mol. The molecule has 0 spiro atoms. The molecule has 1 rings (SSSR count). The number of nitrogens with one attached hydrogen (secondary N) is 2.